The molecule has 0 spiro atoms. The molecule has 0 unspecified atom stereocenters. The number of aryl methyl sites for hydroxylation is 1. The Morgan fingerprint density at radius 2 is 2.00 bits per heavy atom. The number of pyridine rings is 1. The van der Waals surface area contributed by atoms with E-state index in [1.807, 2.05) is 0 Å². The van der Waals surface area contributed by atoms with Gasteiger partial charge in [-0.25, -0.2) is 9.78 Å². The molecule has 17 heavy (non-hydrogen) atoms. The van der Waals surface area contributed by atoms with Gasteiger partial charge >= 0.3 is 5.97 Å². The van der Waals surface area contributed by atoms with Crippen molar-refractivity contribution in [2.24, 2.45) is 5.92 Å². The molecule has 1 aromatic rings. The van der Waals surface area contributed by atoms with Gasteiger partial charge in [-0.15, -0.1) is 0 Å². The average molecular weight is 236 g/mol. The molecule has 0 bridgehead atoms. The summed E-state index contributed by atoms with van der Waals surface area (Å²) in [7, 11) is 0. The van der Waals surface area contributed by atoms with Crippen LogP contribution in [0, 0.1) is 12.8 Å². The largest absolute Gasteiger partial charge is 0.480 e. The lowest BCUT2D eigenvalue weighted by molar-refractivity contribution is -0.140. The molecule has 0 fully saturated rings. The van der Waals surface area contributed by atoms with Gasteiger partial charge in [-0.05, 0) is 25.0 Å². The third kappa shape index (κ3) is 3.55. The van der Waals surface area contributed by atoms with Gasteiger partial charge in [0.15, 0.2) is 0 Å². The highest BCUT2D eigenvalue weighted by Gasteiger charge is 2.24. The van der Waals surface area contributed by atoms with E-state index in [4.69, 9.17) is 5.11 Å². The second-order valence-electron chi connectivity index (χ2n) is 4.20. The number of carbonyl (C=O) groups excluding carboxylic acids is 1. The topological polar surface area (TPSA) is 79.3 Å². The Balaban J connectivity index is 2.81. The monoisotopic (exact) mass is 236 g/mol. The Morgan fingerprint density at radius 1 is 1.35 bits per heavy atom. The molecule has 1 rings (SSSR count). The Bertz CT molecular complexity index is 430. The van der Waals surface area contributed by atoms with Gasteiger partial charge in [-0.2, -0.15) is 0 Å². The first-order valence-corrected chi connectivity index (χ1v) is 5.39. The molecule has 0 saturated heterocycles. The summed E-state index contributed by atoms with van der Waals surface area (Å²) in [4.78, 5) is 26.8. The lowest BCUT2D eigenvalue weighted by Gasteiger charge is -2.17. The quantitative estimate of drug-likeness (QED) is 0.824. The van der Waals surface area contributed by atoms with Crippen molar-refractivity contribution in [2.75, 3.05) is 0 Å². The third-order valence-electron chi connectivity index (χ3n) is 2.34. The van der Waals surface area contributed by atoms with E-state index in [1.54, 1.807) is 39.0 Å². The summed E-state index contributed by atoms with van der Waals surface area (Å²) in [5.74, 6) is -1.68. The average Bonchev–Trinajstić information content (AvgIpc) is 2.24. The van der Waals surface area contributed by atoms with Crippen molar-refractivity contribution >= 4 is 11.9 Å². The van der Waals surface area contributed by atoms with Crippen molar-refractivity contribution in [1.29, 1.82) is 0 Å². The lowest BCUT2D eigenvalue weighted by atomic mass is 10.0. The van der Waals surface area contributed by atoms with Gasteiger partial charge in [0.05, 0.1) is 0 Å². The molecule has 1 amide bonds. The van der Waals surface area contributed by atoms with Gasteiger partial charge in [0.1, 0.15) is 11.7 Å². The fourth-order valence-corrected chi connectivity index (χ4v) is 1.40. The molecule has 92 valence electrons. The molecule has 2 N–H and O–H groups in total. The Kier molecular flexibility index (Phi) is 4.20. The number of hydrogen-bond acceptors (Lipinski definition) is 3. The Morgan fingerprint density at radius 3 is 2.47 bits per heavy atom. The molecule has 0 aliphatic heterocycles. The van der Waals surface area contributed by atoms with Gasteiger partial charge in [-0.1, -0.05) is 19.9 Å². The molecule has 1 aromatic heterocycles. The summed E-state index contributed by atoms with van der Waals surface area (Å²) < 4.78 is 0. The van der Waals surface area contributed by atoms with Crippen LogP contribution in [0.15, 0.2) is 18.2 Å². The zero-order chi connectivity index (χ0) is 13.0. The number of hydrogen-bond donors (Lipinski definition) is 2. The first-order chi connectivity index (χ1) is 7.91. The SMILES string of the molecule is Cc1cccc(C(=O)N[C@@H](C(=O)O)C(C)C)n1. The summed E-state index contributed by atoms with van der Waals surface area (Å²) >= 11 is 0. The highest BCUT2D eigenvalue weighted by atomic mass is 16.4. The number of nitrogens with zero attached hydrogens (tertiary/aromatic N) is 1. The van der Waals surface area contributed by atoms with Crippen molar-refractivity contribution < 1.29 is 14.7 Å². The maximum absolute atomic E-state index is 11.8. The van der Waals surface area contributed by atoms with E-state index in [1.165, 1.54) is 0 Å². The molecule has 0 saturated carbocycles. The number of amides is 1. The van der Waals surface area contributed by atoms with E-state index < -0.39 is 17.9 Å². The molecule has 5 heteroatoms. The van der Waals surface area contributed by atoms with Crippen molar-refractivity contribution in [3.8, 4) is 0 Å². The van der Waals surface area contributed by atoms with E-state index in [2.05, 4.69) is 10.3 Å². The van der Waals surface area contributed by atoms with E-state index in [9.17, 15) is 9.59 Å². The minimum Gasteiger partial charge on any atom is -0.480 e. The van der Waals surface area contributed by atoms with Crippen LogP contribution >= 0.6 is 0 Å². The number of aromatic nitrogens is 1. The van der Waals surface area contributed by atoms with Crippen molar-refractivity contribution in [2.45, 2.75) is 26.8 Å². The van der Waals surface area contributed by atoms with Crippen LogP contribution in [0.3, 0.4) is 0 Å². The number of aliphatic carboxylic acids is 1. The van der Waals surface area contributed by atoms with Crippen LogP contribution < -0.4 is 5.32 Å². The fraction of sp³-hybridized carbons (Fsp3) is 0.417. The third-order valence-corrected chi connectivity index (χ3v) is 2.34. The molecular formula is C12H16N2O3. The molecular weight excluding hydrogens is 220 g/mol. The van der Waals surface area contributed by atoms with Crippen LogP contribution in [-0.2, 0) is 4.79 Å². The van der Waals surface area contributed by atoms with Crippen LogP contribution in [0.1, 0.15) is 30.0 Å². The number of carbonyl (C=O) groups is 2. The minimum atomic E-state index is -1.04. The van der Waals surface area contributed by atoms with E-state index in [0.717, 1.165) is 0 Å². The van der Waals surface area contributed by atoms with E-state index in [0.29, 0.717) is 5.69 Å². The zero-order valence-corrected chi connectivity index (χ0v) is 10.1. The lowest BCUT2D eigenvalue weighted by Crippen LogP contribution is -2.44. The maximum Gasteiger partial charge on any atom is 0.326 e. The summed E-state index contributed by atoms with van der Waals surface area (Å²) in [6, 6.07) is 4.14. The number of carboxylic acid groups (broad SMARTS) is 1. The maximum atomic E-state index is 11.8. The van der Waals surface area contributed by atoms with Crippen LogP contribution in [0.5, 0.6) is 0 Å². The standard InChI is InChI=1S/C12H16N2O3/c1-7(2)10(12(16)17)14-11(15)9-6-4-5-8(3)13-9/h4-7,10H,1-3H3,(H,14,15)(H,16,17)/t10-/m1/s1. The minimum absolute atomic E-state index is 0.179. The molecule has 0 radical (unpaired) electrons. The molecule has 0 aromatic carbocycles. The predicted octanol–water partition coefficient (Wildman–Crippen LogP) is 1.23. The Labute approximate surface area is 99.9 Å². The number of carboxylic acids is 1. The highest BCUT2D eigenvalue weighted by molar-refractivity contribution is 5.95. The zero-order valence-electron chi connectivity index (χ0n) is 10.1. The second kappa shape index (κ2) is 5.43. The highest BCUT2D eigenvalue weighted by Crippen LogP contribution is 2.04. The summed E-state index contributed by atoms with van der Waals surface area (Å²) in [5, 5.41) is 11.4. The van der Waals surface area contributed by atoms with Crippen LogP contribution in [0.2, 0.25) is 0 Å². The molecule has 1 heterocycles. The predicted molar refractivity (Wildman–Crippen MR) is 62.7 cm³/mol. The molecule has 1 atom stereocenters. The fourth-order valence-electron chi connectivity index (χ4n) is 1.40. The van der Waals surface area contributed by atoms with Crippen molar-refractivity contribution in [1.82, 2.24) is 10.3 Å². The van der Waals surface area contributed by atoms with E-state index >= 15 is 0 Å². The first kappa shape index (κ1) is 13.2. The van der Waals surface area contributed by atoms with Gasteiger partial charge in [-0.3, -0.25) is 4.79 Å². The molecule has 0 aliphatic carbocycles. The summed E-state index contributed by atoms with van der Waals surface area (Å²) in [6.07, 6.45) is 0. The van der Waals surface area contributed by atoms with Crippen molar-refractivity contribution in [3.05, 3.63) is 29.6 Å². The van der Waals surface area contributed by atoms with Gasteiger partial charge in [0, 0.05) is 5.69 Å². The Hall–Kier alpha value is -1.91. The molecule has 0 aliphatic rings. The van der Waals surface area contributed by atoms with E-state index in [-0.39, 0.29) is 11.6 Å². The molecule has 5 nitrogen and oxygen atoms in total. The normalized spacial score (nSPS) is 12.2. The second-order valence-corrected chi connectivity index (χ2v) is 4.20. The summed E-state index contributed by atoms with van der Waals surface area (Å²) in [6.45, 7) is 5.25. The number of rotatable bonds is 4. The van der Waals surface area contributed by atoms with Crippen molar-refractivity contribution in [3.63, 3.8) is 0 Å². The summed E-state index contributed by atoms with van der Waals surface area (Å²) in [5.41, 5.74) is 0.950. The van der Waals surface area contributed by atoms with Crippen LogP contribution in [-0.4, -0.2) is 28.0 Å². The van der Waals surface area contributed by atoms with Crippen LogP contribution in [0.25, 0.3) is 0 Å². The number of nitrogens with one attached hydrogen (secondary N) is 1. The van der Waals surface area contributed by atoms with Gasteiger partial charge < -0.3 is 10.4 Å². The van der Waals surface area contributed by atoms with Gasteiger partial charge in [0.2, 0.25) is 0 Å². The van der Waals surface area contributed by atoms with Crippen LogP contribution in [0.4, 0.5) is 0 Å². The first-order valence-electron chi connectivity index (χ1n) is 5.39. The smallest absolute Gasteiger partial charge is 0.326 e. The van der Waals surface area contributed by atoms with Gasteiger partial charge in [0.25, 0.3) is 5.91 Å².